The third kappa shape index (κ3) is 4.51. The maximum Gasteiger partial charge on any atom is 0.317 e. The highest BCUT2D eigenvalue weighted by molar-refractivity contribution is 5.74. The minimum absolute atomic E-state index is 0.0292. The Kier molecular flexibility index (Phi) is 5.39. The van der Waals surface area contributed by atoms with Crippen molar-refractivity contribution in [3.63, 3.8) is 0 Å². The minimum atomic E-state index is -0.227. The number of nitrogens with one attached hydrogen (secondary N) is 1. The first-order chi connectivity index (χ1) is 9.65. The maximum atomic E-state index is 12.8. The molecule has 2 rings (SSSR count). The van der Waals surface area contributed by atoms with Crippen LogP contribution in [0.3, 0.4) is 0 Å². The number of nitrogens with zero attached hydrogens (tertiary/aromatic N) is 1. The average Bonchev–Trinajstić information content (AvgIpc) is 2.70. The molecule has 0 radical (unpaired) electrons. The number of benzene rings is 1. The number of likely N-dealkylation sites (tertiary alicyclic amines) is 1. The number of halogens is 1. The van der Waals surface area contributed by atoms with Gasteiger partial charge in [0.25, 0.3) is 0 Å². The van der Waals surface area contributed by atoms with Crippen molar-refractivity contribution in [3.05, 3.63) is 35.6 Å². The summed E-state index contributed by atoms with van der Waals surface area (Å²) >= 11 is 0. The summed E-state index contributed by atoms with van der Waals surface area (Å²) in [7, 11) is 0. The molecular weight excluding hydrogens is 255 g/mol. The van der Waals surface area contributed by atoms with Gasteiger partial charge in [0.1, 0.15) is 5.82 Å². The fourth-order valence-corrected chi connectivity index (χ4v) is 2.60. The summed E-state index contributed by atoms with van der Waals surface area (Å²) in [5.41, 5.74) is 1.04. The zero-order valence-electron chi connectivity index (χ0n) is 12.1. The molecule has 1 unspecified atom stereocenters. The lowest BCUT2D eigenvalue weighted by atomic mass is 10.1. The van der Waals surface area contributed by atoms with E-state index in [1.165, 1.54) is 25.0 Å². The Hall–Kier alpha value is -1.58. The van der Waals surface area contributed by atoms with Gasteiger partial charge in [0.2, 0.25) is 0 Å². The number of urea groups is 1. The number of carbonyl (C=O) groups excluding carboxylic acids is 1. The second-order valence-corrected chi connectivity index (χ2v) is 5.58. The Morgan fingerprint density at radius 1 is 1.20 bits per heavy atom. The van der Waals surface area contributed by atoms with E-state index in [2.05, 4.69) is 5.32 Å². The van der Waals surface area contributed by atoms with E-state index in [0.29, 0.717) is 0 Å². The van der Waals surface area contributed by atoms with Crippen LogP contribution in [0.15, 0.2) is 24.3 Å². The summed E-state index contributed by atoms with van der Waals surface area (Å²) in [6.07, 6.45) is 5.35. The molecule has 0 saturated carbocycles. The van der Waals surface area contributed by atoms with Crippen molar-refractivity contribution in [1.82, 2.24) is 10.2 Å². The Labute approximate surface area is 120 Å². The Bertz CT molecular complexity index is 425. The number of carbonyl (C=O) groups is 1. The van der Waals surface area contributed by atoms with Gasteiger partial charge in [-0.25, -0.2) is 9.18 Å². The minimum Gasteiger partial charge on any atom is -0.335 e. The molecule has 0 aromatic heterocycles. The van der Waals surface area contributed by atoms with Crippen LogP contribution in [0, 0.1) is 5.82 Å². The molecule has 0 bridgehead atoms. The topological polar surface area (TPSA) is 32.3 Å². The number of hydrogen-bond donors (Lipinski definition) is 1. The van der Waals surface area contributed by atoms with E-state index >= 15 is 0 Å². The van der Waals surface area contributed by atoms with Crippen molar-refractivity contribution < 1.29 is 9.18 Å². The van der Waals surface area contributed by atoms with Gasteiger partial charge in [-0.3, -0.25) is 0 Å². The van der Waals surface area contributed by atoms with Crippen LogP contribution in [0.5, 0.6) is 0 Å². The first-order valence-electron chi connectivity index (χ1n) is 7.45. The van der Waals surface area contributed by atoms with E-state index in [4.69, 9.17) is 0 Å². The van der Waals surface area contributed by atoms with E-state index < -0.39 is 0 Å². The summed E-state index contributed by atoms with van der Waals surface area (Å²) in [6, 6.07) is 6.53. The number of amides is 2. The van der Waals surface area contributed by atoms with Gasteiger partial charge in [-0.2, -0.15) is 0 Å². The molecule has 1 fully saturated rings. The first-order valence-corrected chi connectivity index (χ1v) is 7.45. The molecule has 1 N–H and O–H groups in total. The molecule has 0 spiro atoms. The first kappa shape index (κ1) is 14.8. The normalized spacial score (nSPS) is 17.4. The molecule has 4 heteroatoms. The molecule has 1 aliphatic heterocycles. The summed E-state index contributed by atoms with van der Waals surface area (Å²) in [4.78, 5) is 14.1. The standard InChI is InChI=1S/C16H23FN2O/c1-13(12-14-6-8-15(17)9-7-14)18-16(20)19-10-4-2-3-5-11-19/h6-9,13H,2-5,10-12H2,1H3,(H,18,20). The average molecular weight is 278 g/mol. The van der Waals surface area contributed by atoms with Crippen molar-refractivity contribution in [2.75, 3.05) is 13.1 Å². The molecule has 1 heterocycles. The molecule has 1 atom stereocenters. The molecule has 3 nitrogen and oxygen atoms in total. The van der Waals surface area contributed by atoms with Crippen LogP contribution in [-0.4, -0.2) is 30.1 Å². The highest BCUT2D eigenvalue weighted by Gasteiger charge is 2.17. The van der Waals surface area contributed by atoms with Crippen molar-refractivity contribution >= 4 is 6.03 Å². The van der Waals surface area contributed by atoms with Gasteiger partial charge in [-0.15, -0.1) is 0 Å². The molecule has 20 heavy (non-hydrogen) atoms. The molecular formula is C16H23FN2O. The third-order valence-electron chi connectivity index (χ3n) is 3.72. The predicted molar refractivity (Wildman–Crippen MR) is 78.1 cm³/mol. The van der Waals surface area contributed by atoms with E-state index in [1.807, 2.05) is 11.8 Å². The lowest BCUT2D eigenvalue weighted by Crippen LogP contribution is -2.44. The van der Waals surface area contributed by atoms with Gasteiger partial charge >= 0.3 is 6.03 Å². The van der Waals surface area contributed by atoms with E-state index in [9.17, 15) is 9.18 Å². The van der Waals surface area contributed by atoms with Gasteiger partial charge in [0.05, 0.1) is 0 Å². The fraction of sp³-hybridized carbons (Fsp3) is 0.562. The largest absolute Gasteiger partial charge is 0.335 e. The smallest absolute Gasteiger partial charge is 0.317 e. The molecule has 110 valence electrons. The van der Waals surface area contributed by atoms with Crippen LogP contribution in [0.1, 0.15) is 38.2 Å². The molecule has 0 aliphatic carbocycles. The SMILES string of the molecule is CC(Cc1ccc(F)cc1)NC(=O)N1CCCCCC1. The lowest BCUT2D eigenvalue weighted by molar-refractivity contribution is 0.196. The summed E-state index contributed by atoms with van der Waals surface area (Å²) in [5.74, 6) is -0.227. The number of rotatable bonds is 3. The van der Waals surface area contributed by atoms with Gasteiger partial charge < -0.3 is 10.2 Å². The van der Waals surface area contributed by atoms with Crippen LogP contribution < -0.4 is 5.32 Å². The van der Waals surface area contributed by atoms with Gasteiger partial charge in [-0.05, 0) is 43.9 Å². The van der Waals surface area contributed by atoms with Crippen molar-refractivity contribution in [3.8, 4) is 0 Å². The predicted octanol–water partition coefficient (Wildman–Crippen LogP) is 3.34. The van der Waals surface area contributed by atoms with Crippen LogP contribution >= 0.6 is 0 Å². The van der Waals surface area contributed by atoms with Crippen molar-refractivity contribution in [1.29, 1.82) is 0 Å². The Morgan fingerprint density at radius 3 is 2.40 bits per heavy atom. The fourth-order valence-electron chi connectivity index (χ4n) is 2.60. The van der Waals surface area contributed by atoms with E-state index in [-0.39, 0.29) is 17.9 Å². The second-order valence-electron chi connectivity index (χ2n) is 5.58. The van der Waals surface area contributed by atoms with Crippen LogP contribution in [0.2, 0.25) is 0 Å². The molecule has 1 aromatic carbocycles. The highest BCUT2D eigenvalue weighted by Crippen LogP contribution is 2.10. The third-order valence-corrected chi connectivity index (χ3v) is 3.72. The van der Waals surface area contributed by atoms with Crippen LogP contribution in [-0.2, 0) is 6.42 Å². The Balaban J connectivity index is 1.82. The Morgan fingerprint density at radius 2 is 1.80 bits per heavy atom. The van der Waals surface area contributed by atoms with Gasteiger partial charge in [0.15, 0.2) is 0 Å². The molecule has 2 amide bonds. The summed E-state index contributed by atoms with van der Waals surface area (Å²) in [5, 5.41) is 3.03. The maximum absolute atomic E-state index is 12.8. The summed E-state index contributed by atoms with van der Waals surface area (Å²) < 4.78 is 12.8. The lowest BCUT2D eigenvalue weighted by Gasteiger charge is -2.23. The monoisotopic (exact) mass is 278 g/mol. The van der Waals surface area contributed by atoms with Gasteiger partial charge in [-0.1, -0.05) is 25.0 Å². The highest BCUT2D eigenvalue weighted by atomic mass is 19.1. The molecule has 1 saturated heterocycles. The zero-order chi connectivity index (χ0) is 14.4. The molecule has 1 aromatic rings. The van der Waals surface area contributed by atoms with Crippen molar-refractivity contribution in [2.45, 2.75) is 45.1 Å². The second kappa shape index (κ2) is 7.27. The zero-order valence-corrected chi connectivity index (χ0v) is 12.1. The summed E-state index contributed by atoms with van der Waals surface area (Å²) in [6.45, 7) is 3.70. The van der Waals surface area contributed by atoms with E-state index in [1.54, 1.807) is 12.1 Å². The van der Waals surface area contributed by atoms with Crippen LogP contribution in [0.4, 0.5) is 9.18 Å². The van der Waals surface area contributed by atoms with Gasteiger partial charge in [0, 0.05) is 19.1 Å². The van der Waals surface area contributed by atoms with E-state index in [0.717, 1.165) is 37.9 Å². The molecule has 1 aliphatic rings. The number of hydrogen-bond acceptors (Lipinski definition) is 1. The quantitative estimate of drug-likeness (QED) is 0.903. The van der Waals surface area contributed by atoms with Crippen molar-refractivity contribution in [2.24, 2.45) is 0 Å². The van der Waals surface area contributed by atoms with Crippen LogP contribution in [0.25, 0.3) is 0 Å².